The van der Waals surface area contributed by atoms with Crippen LogP contribution in [-0.2, 0) is 7.05 Å². The second-order valence-corrected chi connectivity index (χ2v) is 7.70. The summed E-state index contributed by atoms with van der Waals surface area (Å²) in [6.07, 6.45) is 1.86. The first-order chi connectivity index (χ1) is 15.1. The molecule has 4 rings (SSSR count). The Bertz CT molecular complexity index is 1200. The number of nitrogens with zero attached hydrogens (tertiary/aromatic N) is 4. The van der Waals surface area contributed by atoms with Gasteiger partial charge in [0.1, 0.15) is 11.5 Å². The summed E-state index contributed by atoms with van der Waals surface area (Å²) >= 11 is 1.35. The number of carbonyl (C=O) groups excluding carboxylic acids is 1. The smallest absolute Gasteiger partial charge is 0.196 e. The molecule has 0 radical (unpaired) electrons. The molecule has 0 fully saturated rings. The van der Waals surface area contributed by atoms with Gasteiger partial charge in [-0.15, -0.1) is 10.2 Å². The van der Waals surface area contributed by atoms with Gasteiger partial charge in [-0.3, -0.25) is 9.36 Å². The number of benzene rings is 2. The van der Waals surface area contributed by atoms with Gasteiger partial charge in [0, 0.05) is 13.2 Å². The highest BCUT2D eigenvalue weighted by atomic mass is 32.2. The molecule has 0 amide bonds. The van der Waals surface area contributed by atoms with Crippen LogP contribution in [0.1, 0.15) is 10.5 Å². The fourth-order valence-corrected chi connectivity index (χ4v) is 4.11. The van der Waals surface area contributed by atoms with Gasteiger partial charge < -0.3 is 14.0 Å². The highest BCUT2D eigenvalue weighted by Gasteiger charge is 2.20. The van der Waals surface area contributed by atoms with E-state index in [1.165, 1.54) is 11.8 Å². The maximum absolute atomic E-state index is 12.7. The first-order valence-electron chi connectivity index (χ1n) is 9.63. The molecule has 158 valence electrons. The topological polar surface area (TPSA) is 71.2 Å². The van der Waals surface area contributed by atoms with Crippen molar-refractivity contribution in [2.45, 2.75) is 5.16 Å². The van der Waals surface area contributed by atoms with Crippen LogP contribution in [0, 0.1) is 0 Å². The van der Waals surface area contributed by atoms with Crippen molar-refractivity contribution in [1.82, 2.24) is 19.3 Å². The Hall–Kier alpha value is -3.52. The third kappa shape index (κ3) is 4.20. The molecule has 7 nitrogen and oxygen atoms in total. The van der Waals surface area contributed by atoms with E-state index in [0.29, 0.717) is 22.4 Å². The van der Waals surface area contributed by atoms with Gasteiger partial charge in [-0.2, -0.15) is 0 Å². The van der Waals surface area contributed by atoms with Gasteiger partial charge in [-0.1, -0.05) is 23.9 Å². The Morgan fingerprint density at radius 3 is 2.42 bits per heavy atom. The van der Waals surface area contributed by atoms with Crippen LogP contribution in [0.3, 0.4) is 0 Å². The Labute approximate surface area is 184 Å². The molecule has 0 saturated carbocycles. The van der Waals surface area contributed by atoms with Crippen molar-refractivity contribution in [3.63, 3.8) is 0 Å². The number of ether oxygens (including phenoxy) is 2. The van der Waals surface area contributed by atoms with Crippen molar-refractivity contribution in [3.05, 3.63) is 72.6 Å². The summed E-state index contributed by atoms with van der Waals surface area (Å²) in [4.78, 5) is 12.7. The lowest BCUT2D eigenvalue weighted by Crippen LogP contribution is -2.09. The third-order valence-electron chi connectivity index (χ3n) is 4.87. The number of methoxy groups -OCH3 is 2. The summed E-state index contributed by atoms with van der Waals surface area (Å²) in [6, 6.07) is 19.0. The molecule has 0 aliphatic carbocycles. The lowest BCUT2D eigenvalue weighted by atomic mass is 10.2. The van der Waals surface area contributed by atoms with Crippen molar-refractivity contribution in [1.29, 1.82) is 0 Å². The minimum atomic E-state index is 0.0284. The molecular weight excluding hydrogens is 412 g/mol. The number of aryl methyl sites for hydroxylation is 1. The maximum Gasteiger partial charge on any atom is 0.196 e. The van der Waals surface area contributed by atoms with E-state index in [1.54, 1.807) is 14.2 Å². The highest BCUT2D eigenvalue weighted by molar-refractivity contribution is 7.99. The largest absolute Gasteiger partial charge is 0.497 e. The zero-order valence-corrected chi connectivity index (χ0v) is 18.3. The number of hydrogen-bond acceptors (Lipinski definition) is 6. The predicted molar refractivity (Wildman–Crippen MR) is 120 cm³/mol. The van der Waals surface area contributed by atoms with Crippen LogP contribution >= 0.6 is 11.8 Å². The van der Waals surface area contributed by atoms with Crippen molar-refractivity contribution in [2.24, 2.45) is 7.05 Å². The predicted octanol–water partition coefficient (Wildman–Crippen LogP) is 4.27. The number of para-hydroxylation sites is 1. The van der Waals surface area contributed by atoms with Gasteiger partial charge in [0.25, 0.3) is 0 Å². The minimum Gasteiger partial charge on any atom is -0.497 e. The average molecular weight is 435 g/mol. The lowest BCUT2D eigenvalue weighted by Gasteiger charge is -2.13. The van der Waals surface area contributed by atoms with E-state index in [4.69, 9.17) is 9.47 Å². The van der Waals surface area contributed by atoms with Crippen LogP contribution in [0.5, 0.6) is 11.5 Å². The van der Waals surface area contributed by atoms with E-state index in [0.717, 1.165) is 17.0 Å². The minimum absolute atomic E-state index is 0.0284. The van der Waals surface area contributed by atoms with E-state index in [9.17, 15) is 4.79 Å². The van der Waals surface area contributed by atoms with E-state index in [-0.39, 0.29) is 11.5 Å². The quantitative estimate of drug-likeness (QED) is 0.305. The van der Waals surface area contributed by atoms with Crippen LogP contribution in [-0.4, -0.2) is 45.1 Å². The Morgan fingerprint density at radius 1 is 0.968 bits per heavy atom. The number of ketones is 1. The molecule has 0 spiro atoms. The molecule has 0 atom stereocenters. The number of rotatable bonds is 8. The van der Waals surface area contributed by atoms with Crippen LogP contribution in [0.15, 0.2) is 72.0 Å². The summed E-state index contributed by atoms with van der Waals surface area (Å²) in [5.74, 6) is 2.36. The summed E-state index contributed by atoms with van der Waals surface area (Å²) < 4.78 is 14.6. The zero-order valence-electron chi connectivity index (χ0n) is 17.5. The molecule has 0 bridgehead atoms. The number of Topliss-reactive ketones (excluding diaryl/α,β-unsaturated/α-hetero) is 1. The number of thioether (sulfide) groups is 1. The molecule has 2 heterocycles. The van der Waals surface area contributed by atoms with E-state index in [1.807, 2.05) is 83.0 Å². The standard InChI is InChI=1S/C23H22N4O3S/c1-26-14-6-8-19(26)20(28)15-31-23-25-24-22(18-7-4-5-9-21(18)30-3)27(23)16-10-12-17(29-2)13-11-16/h4-14H,15H2,1-3H3. The van der Waals surface area contributed by atoms with Crippen molar-refractivity contribution < 1.29 is 14.3 Å². The van der Waals surface area contributed by atoms with Gasteiger partial charge >= 0.3 is 0 Å². The Kier molecular flexibility index (Phi) is 6.08. The van der Waals surface area contributed by atoms with Crippen molar-refractivity contribution >= 4 is 17.5 Å². The molecule has 4 aromatic rings. The number of hydrogen-bond donors (Lipinski definition) is 0. The lowest BCUT2D eigenvalue weighted by molar-refractivity contribution is 0.101. The number of aromatic nitrogens is 4. The van der Waals surface area contributed by atoms with Gasteiger partial charge in [0.05, 0.1) is 36.9 Å². The molecule has 31 heavy (non-hydrogen) atoms. The molecule has 0 aliphatic heterocycles. The van der Waals surface area contributed by atoms with Crippen LogP contribution in [0.2, 0.25) is 0 Å². The molecule has 0 unspecified atom stereocenters. The Balaban J connectivity index is 1.73. The maximum atomic E-state index is 12.7. The molecule has 0 saturated heterocycles. The van der Waals surface area contributed by atoms with Crippen molar-refractivity contribution in [3.8, 4) is 28.6 Å². The van der Waals surface area contributed by atoms with E-state index < -0.39 is 0 Å². The average Bonchev–Trinajstić information content (AvgIpc) is 3.43. The second-order valence-electron chi connectivity index (χ2n) is 6.76. The molecule has 2 aromatic heterocycles. The van der Waals surface area contributed by atoms with E-state index in [2.05, 4.69) is 10.2 Å². The fourth-order valence-electron chi connectivity index (χ4n) is 3.29. The van der Waals surface area contributed by atoms with E-state index >= 15 is 0 Å². The summed E-state index contributed by atoms with van der Waals surface area (Å²) in [7, 11) is 5.11. The second kappa shape index (κ2) is 9.09. The van der Waals surface area contributed by atoms with Crippen LogP contribution < -0.4 is 9.47 Å². The third-order valence-corrected chi connectivity index (χ3v) is 5.80. The fraction of sp³-hybridized carbons (Fsp3) is 0.174. The van der Waals surface area contributed by atoms with Gasteiger partial charge in [-0.05, 0) is 48.5 Å². The molecule has 0 N–H and O–H groups in total. The summed E-state index contributed by atoms with van der Waals surface area (Å²) in [6.45, 7) is 0. The van der Waals surface area contributed by atoms with Gasteiger partial charge in [0.15, 0.2) is 16.8 Å². The molecular formula is C23H22N4O3S. The monoisotopic (exact) mass is 434 g/mol. The highest BCUT2D eigenvalue weighted by Crippen LogP contribution is 2.33. The van der Waals surface area contributed by atoms with Gasteiger partial charge in [-0.25, -0.2) is 0 Å². The number of carbonyl (C=O) groups is 1. The van der Waals surface area contributed by atoms with Gasteiger partial charge in [0.2, 0.25) is 0 Å². The zero-order chi connectivity index (χ0) is 21.8. The normalized spacial score (nSPS) is 10.8. The van der Waals surface area contributed by atoms with Crippen LogP contribution in [0.4, 0.5) is 0 Å². The first kappa shape index (κ1) is 20.7. The molecule has 0 aliphatic rings. The van der Waals surface area contributed by atoms with Crippen LogP contribution in [0.25, 0.3) is 17.1 Å². The summed E-state index contributed by atoms with van der Waals surface area (Å²) in [5.41, 5.74) is 2.34. The Morgan fingerprint density at radius 2 is 1.74 bits per heavy atom. The van der Waals surface area contributed by atoms with Crippen molar-refractivity contribution in [2.75, 3.05) is 20.0 Å². The SMILES string of the molecule is COc1ccc(-n2c(SCC(=O)c3cccn3C)nnc2-c2ccccc2OC)cc1. The molecule has 8 heteroatoms. The summed E-state index contributed by atoms with van der Waals surface area (Å²) in [5, 5.41) is 9.45. The first-order valence-corrected chi connectivity index (χ1v) is 10.6. The molecule has 2 aromatic carbocycles.